The molecule has 0 saturated heterocycles. The minimum atomic E-state index is 0.548. The molecule has 1 aromatic carbocycles. The monoisotopic (exact) mass is 264 g/mol. The predicted octanol–water partition coefficient (Wildman–Crippen LogP) is 5.58. The summed E-state index contributed by atoms with van der Waals surface area (Å²) in [6.07, 6.45) is 0. The van der Waals surface area contributed by atoms with Crippen molar-refractivity contribution in [3.63, 3.8) is 0 Å². The Morgan fingerprint density at radius 1 is 1.06 bits per heavy atom. The first-order chi connectivity index (χ1) is 7.74. The highest BCUT2D eigenvalue weighted by Crippen LogP contribution is 2.21. The van der Waals surface area contributed by atoms with E-state index in [1.807, 2.05) is 46.8 Å². The van der Waals surface area contributed by atoms with E-state index in [1.165, 1.54) is 0 Å². The van der Waals surface area contributed by atoms with Crippen molar-refractivity contribution >= 4 is 23.2 Å². The molecule has 1 rings (SSSR count). The van der Waals surface area contributed by atoms with Gasteiger partial charge in [0, 0.05) is 16.7 Å². The molecule has 16 heavy (non-hydrogen) atoms. The summed E-state index contributed by atoms with van der Waals surface area (Å²) in [5, 5.41) is 1.32. The van der Waals surface area contributed by atoms with Crippen LogP contribution in [0.15, 0.2) is 18.2 Å². The largest absolute Gasteiger partial charge is 0.377 e. The molecule has 0 fully saturated rings. The number of hydrogen-bond acceptors (Lipinski definition) is 1. The molecular weight excluding hydrogens is 243 g/mol. The second-order valence-corrected chi connectivity index (χ2v) is 3.22. The summed E-state index contributed by atoms with van der Waals surface area (Å²) in [6.45, 7) is 11.2. The Hall–Kier alpha value is -0.240. The van der Waals surface area contributed by atoms with Gasteiger partial charge in [0.05, 0.1) is 6.61 Å². The summed E-state index contributed by atoms with van der Waals surface area (Å²) >= 11 is 11.6. The molecule has 0 saturated carbocycles. The lowest BCUT2D eigenvalue weighted by Crippen LogP contribution is -1.92. The Morgan fingerprint density at radius 3 is 2.06 bits per heavy atom. The molecule has 3 heteroatoms. The van der Waals surface area contributed by atoms with Crippen LogP contribution in [-0.4, -0.2) is 6.61 Å². The van der Waals surface area contributed by atoms with Crippen molar-refractivity contribution < 1.29 is 4.74 Å². The quantitative estimate of drug-likeness (QED) is 0.693. The zero-order valence-corrected chi connectivity index (χ0v) is 12.3. The Morgan fingerprint density at radius 2 is 1.62 bits per heavy atom. The minimum Gasteiger partial charge on any atom is -0.377 e. The van der Waals surface area contributed by atoms with Crippen LogP contribution < -0.4 is 0 Å². The molecule has 0 radical (unpaired) electrons. The zero-order valence-electron chi connectivity index (χ0n) is 10.8. The molecule has 0 spiro atoms. The standard InChI is InChI=1S/C9H10Cl2O.2C2H6/c1-2-12-6-7-3-4-8(10)5-9(7)11;2*1-2/h3-5H,2,6H2,1H3;2*1-2H3. The maximum atomic E-state index is 5.90. The fourth-order valence-electron chi connectivity index (χ4n) is 0.851. The summed E-state index contributed by atoms with van der Waals surface area (Å²) in [5.41, 5.74) is 0.975. The van der Waals surface area contributed by atoms with E-state index in [1.54, 1.807) is 6.07 Å². The normalized spacial score (nSPS) is 8.44. The number of halogens is 2. The molecule has 0 aliphatic heterocycles. The molecule has 0 unspecified atom stereocenters. The topological polar surface area (TPSA) is 9.23 Å². The molecule has 0 N–H and O–H groups in total. The van der Waals surface area contributed by atoms with E-state index in [0.29, 0.717) is 23.3 Å². The van der Waals surface area contributed by atoms with Gasteiger partial charge in [-0.05, 0) is 24.6 Å². The van der Waals surface area contributed by atoms with E-state index in [2.05, 4.69) is 0 Å². The Kier molecular flexibility index (Phi) is 14.5. The number of rotatable bonds is 3. The van der Waals surface area contributed by atoms with Gasteiger partial charge in [-0.15, -0.1) is 0 Å². The molecule has 94 valence electrons. The van der Waals surface area contributed by atoms with Crippen LogP contribution in [0.1, 0.15) is 40.2 Å². The van der Waals surface area contributed by atoms with Crippen molar-refractivity contribution in [1.82, 2.24) is 0 Å². The fourth-order valence-corrected chi connectivity index (χ4v) is 1.31. The number of benzene rings is 1. The maximum absolute atomic E-state index is 5.90. The molecule has 1 nitrogen and oxygen atoms in total. The average Bonchev–Trinajstić information content (AvgIpc) is 2.33. The van der Waals surface area contributed by atoms with Crippen LogP contribution in [0.2, 0.25) is 10.0 Å². The third-order valence-electron chi connectivity index (χ3n) is 1.48. The van der Waals surface area contributed by atoms with E-state index < -0.39 is 0 Å². The van der Waals surface area contributed by atoms with Crippen molar-refractivity contribution in [3.05, 3.63) is 33.8 Å². The molecule has 0 bridgehead atoms. The number of ether oxygens (including phenoxy) is 1. The Labute approximate surface area is 110 Å². The predicted molar refractivity (Wildman–Crippen MR) is 74.5 cm³/mol. The van der Waals surface area contributed by atoms with Gasteiger partial charge in [-0.1, -0.05) is 57.0 Å². The summed E-state index contributed by atoms with van der Waals surface area (Å²) in [7, 11) is 0. The first kappa shape index (κ1) is 18.1. The highest BCUT2D eigenvalue weighted by molar-refractivity contribution is 6.35. The molecule has 0 aliphatic carbocycles. The van der Waals surface area contributed by atoms with Crippen molar-refractivity contribution in [2.24, 2.45) is 0 Å². The van der Waals surface area contributed by atoms with Crippen LogP contribution in [0, 0.1) is 0 Å². The van der Waals surface area contributed by atoms with Crippen molar-refractivity contribution in [2.75, 3.05) is 6.61 Å². The molecule has 0 amide bonds. The van der Waals surface area contributed by atoms with Crippen LogP contribution in [0.4, 0.5) is 0 Å². The van der Waals surface area contributed by atoms with Crippen molar-refractivity contribution in [2.45, 2.75) is 41.2 Å². The summed E-state index contributed by atoms with van der Waals surface area (Å²) in [5.74, 6) is 0. The van der Waals surface area contributed by atoms with E-state index in [-0.39, 0.29) is 0 Å². The lowest BCUT2D eigenvalue weighted by atomic mass is 10.2. The first-order valence-electron chi connectivity index (χ1n) is 5.75. The van der Waals surface area contributed by atoms with Gasteiger partial charge in [0.1, 0.15) is 0 Å². The second kappa shape index (κ2) is 12.8. The van der Waals surface area contributed by atoms with Gasteiger partial charge in [0.25, 0.3) is 0 Å². The second-order valence-electron chi connectivity index (χ2n) is 2.37. The SMILES string of the molecule is CC.CC.CCOCc1ccc(Cl)cc1Cl. The third-order valence-corrected chi connectivity index (χ3v) is 2.06. The van der Waals surface area contributed by atoms with Gasteiger partial charge in [0.15, 0.2) is 0 Å². The van der Waals surface area contributed by atoms with Gasteiger partial charge >= 0.3 is 0 Å². The van der Waals surface area contributed by atoms with Crippen molar-refractivity contribution in [3.8, 4) is 0 Å². The summed E-state index contributed by atoms with van der Waals surface area (Å²) in [4.78, 5) is 0. The van der Waals surface area contributed by atoms with Gasteiger partial charge in [0.2, 0.25) is 0 Å². The smallest absolute Gasteiger partial charge is 0.0731 e. The highest BCUT2D eigenvalue weighted by atomic mass is 35.5. The number of hydrogen-bond donors (Lipinski definition) is 0. The van der Waals surface area contributed by atoms with Crippen LogP contribution in [0.3, 0.4) is 0 Å². The average molecular weight is 265 g/mol. The van der Waals surface area contributed by atoms with Gasteiger partial charge in [-0.3, -0.25) is 0 Å². The molecule has 1 aromatic rings. The van der Waals surface area contributed by atoms with Crippen LogP contribution in [-0.2, 0) is 11.3 Å². The Balaban J connectivity index is 0. The van der Waals surface area contributed by atoms with Gasteiger partial charge < -0.3 is 4.74 Å². The zero-order chi connectivity index (χ0) is 13.0. The Bertz CT molecular complexity index is 262. The minimum absolute atomic E-state index is 0.548. The fraction of sp³-hybridized carbons (Fsp3) is 0.538. The van der Waals surface area contributed by atoms with Gasteiger partial charge in [-0.2, -0.15) is 0 Å². The first-order valence-corrected chi connectivity index (χ1v) is 6.51. The van der Waals surface area contributed by atoms with E-state index in [4.69, 9.17) is 27.9 Å². The van der Waals surface area contributed by atoms with Crippen LogP contribution >= 0.6 is 23.2 Å². The third kappa shape index (κ3) is 7.98. The van der Waals surface area contributed by atoms with E-state index >= 15 is 0 Å². The molecule has 0 heterocycles. The molecule has 0 aliphatic rings. The lowest BCUT2D eigenvalue weighted by Gasteiger charge is -2.03. The summed E-state index contributed by atoms with van der Waals surface area (Å²) in [6, 6.07) is 5.40. The van der Waals surface area contributed by atoms with Gasteiger partial charge in [-0.25, -0.2) is 0 Å². The van der Waals surface area contributed by atoms with Crippen LogP contribution in [0.25, 0.3) is 0 Å². The lowest BCUT2D eigenvalue weighted by molar-refractivity contribution is 0.134. The van der Waals surface area contributed by atoms with Crippen molar-refractivity contribution in [1.29, 1.82) is 0 Å². The molecule has 0 aromatic heterocycles. The maximum Gasteiger partial charge on any atom is 0.0731 e. The van der Waals surface area contributed by atoms with E-state index in [0.717, 1.165) is 5.56 Å². The van der Waals surface area contributed by atoms with Crippen LogP contribution in [0.5, 0.6) is 0 Å². The molecular formula is C13H22Cl2O. The highest BCUT2D eigenvalue weighted by Gasteiger charge is 1.99. The molecule has 0 atom stereocenters. The summed E-state index contributed by atoms with van der Waals surface area (Å²) < 4.78 is 5.21. The van der Waals surface area contributed by atoms with E-state index in [9.17, 15) is 0 Å².